The van der Waals surface area contributed by atoms with Gasteiger partial charge in [0.15, 0.2) is 6.10 Å². The Bertz CT molecular complexity index is 704. The Balaban J connectivity index is 1.83. The number of carbonyl (C=O) groups is 1. The summed E-state index contributed by atoms with van der Waals surface area (Å²) in [5.41, 5.74) is 0.927. The van der Waals surface area contributed by atoms with Crippen LogP contribution < -0.4 is 0 Å². The van der Waals surface area contributed by atoms with Gasteiger partial charge in [-0.15, -0.1) is 0 Å². The van der Waals surface area contributed by atoms with E-state index in [1.54, 1.807) is 24.3 Å². The van der Waals surface area contributed by atoms with Crippen LogP contribution in [0.2, 0.25) is 0 Å². The molecule has 1 saturated heterocycles. The van der Waals surface area contributed by atoms with E-state index in [1.807, 2.05) is 4.90 Å². The maximum atomic E-state index is 13.4. The summed E-state index contributed by atoms with van der Waals surface area (Å²) in [7, 11) is 1.29. The van der Waals surface area contributed by atoms with Crippen LogP contribution in [0.3, 0.4) is 0 Å². The number of fused-ring (bicyclic) bond motifs is 1. The van der Waals surface area contributed by atoms with E-state index in [9.17, 15) is 13.6 Å². The fourth-order valence-corrected chi connectivity index (χ4v) is 2.74. The maximum Gasteiger partial charge on any atom is 0.336 e. The molecule has 3 rings (SSSR count). The number of para-hydroxylation sites is 2. The lowest BCUT2D eigenvalue weighted by atomic mass is 10.2. The van der Waals surface area contributed by atoms with Gasteiger partial charge >= 0.3 is 12.5 Å². The van der Waals surface area contributed by atoms with Crippen molar-refractivity contribution in [1.82, 2.24) is 14.5 Å². The number of imidazole rings is 1. The topological polar surface area (TPSA) is 56.6 Å². The minimum Gasteiger partial charge on any atom is -0.467 e. The molecule has 6 nitrogen and oxygen atoms in total. The van der Waals surface area contributed by atoms with Gasteiger partial charge < -0.3 is 9.47 Å². The van der Waals surface area contributed by atoms with E-state index < -0.39 is 18.6 Å². The molecule has 0 N–H and O–H groups in total. The summed E-state index contributed by atoms with van der Waals surface area (Å²) in [6.07, 6.45) is -0.696. The van der Waals surface area contributed by atoms with Crippen LogP contribution in [-0.2, 0) is 20.8 Å². The van der Waals surface area contributed by atoms with E-state index in [0.29, 0.717) is 30.7 Å². The highest BCUT2D eigenvalue weighted by atomic mass is 19.3. The highest BCUT2D eigenvalue weighted by molar-refractivity contribution is 5.76. The minimum absolute atomic E-state index is 0.218. The number of morpholine rings is 1. The van der Waals surface area contributed by atoms with E-state index in [1.165, 1.54) is 7.11 Å². The van der Waals surface area contributed by atoms with Crippen molar-refractivity contribution in [2.24, 2.45) is 0 Å². The van der Waals surface area contributed by atoms with Crippen molar-refractivity contribution in [3.8, 4) is 0 Å². The molecule has 1 atom stereocenters. The number of hydrogen-bond donors (Lipinski definition) is 0. The van der Waals surface area contributed by atoms with Crippen LogP contribution >= 0.6 is 0 Å². The van der Waals surface area contributed by atoms with Crippen molar-refractivity contribution < 1.29 is 23.0 Å². The summed E-state index contributed by atoms with van der Waals surface area (Å²) >= 11 is 0. The van der Waals surface area contributed by atoms with Crippen molar-refractivity contribution in [3.63, 3.8) is 0 Å². The van der Waals surface area contributed by atoms with Gasteiger partial charge in [-0.2, -0.15) is 8.78 Å². The van der Waals surface area contributed by atoms with E-state index in [0.717, 1.165) is 4.57 Å². The van der Waals surface area contributed by atoms with Gasteiger partial charge in [-0.3, -0.25) is 9.47 Å². The number of hydrogen-bond acceptors (Lipinski definition) is 5. The molecule has 1 aliphatic heterocycles. The van der Waals surface area contributed by atoms with Crippen LogP contribution in [0, 0.1) is 0 Å². The lowest BCUT2D eigenvalue weighted by Crippen LogP contribution is -2.46. The third-order valence-electron chi connectivity index (χ3n) is 3.84. The predicted octanol–water partition coefficient (Wildman–Crippen LogP) is 1.81. The highest BCUT2D eigenvalue weighted by Crippen LogP contribution is 2.24. The summed E-state index contributed by atoms with van der Waals surface area (Å²) in [5.74, 6) is -0.191. The van der Waals surface area contributed by atoms with Crippen LogP contribution in [0.15, 0.2) is 24.3 Å². The summed E-state index contributed by atoms with van der Waals surface area (Å²) < 4.78 is 37.8. The number of benzene rings is 1. The average molecular weight is 325 g/mol. The van der Waals surface area contributed by atoms with Crippen LogP contribution in [0.4, 0.5) is 8.78 Å². The summed E-state index contributed by atoms with van der Waals surface area (Å²) in [5, 5.41) is 0. The molecule has 23 heavy (non-hydrogen) atoms. The molecule has 2 heterocycles. The second kappa shape index (κ2) is 6.59. The number of carbonyl (C=O) groups excluding carboxylic acids is 1. The lowest BCUT2D eigenvalue weighted by molar-refractivity contribution is -0.160. The molecule has 0 amide bonds. The molecule has 1 fully saturated rings. The first-order valence-electron chi connectivity index (χ1n) is 7.26. The largest absolute Gasteiger partial charge is 0.467 e. The van der Waals surface area contributed by atoms with E-state index in [4.69, 9.17) is 4.74 Å². The van der Waals surface area contributed by atoms with Crippen LogP contribution in [-0.4, -0.2) is 53.3 Å². The van der Waals surface area contributed by atoms with Gasteiger partial charge in [0.25, 0.3) is 0 Å². The molecule has 1 aromatic carbocycles. The molecule has 0 aliphatic carbocycles. The zero-order chi connectivity index (χ0) is 16.4. The van der Waals surface area contributed by atoms with Crippen LogP contribution in [0.5, 0.6) is 0 Å². The van der Waals surface area contributed by atoms with E-state index in [-0.39, 0.29) is 12.4 Å². The summed E-state index contributed by atoms with van der Waals surface area (Å²) in [6, 6.07) is 6.79. The Labute approximate surface area is 131 Å². The standard InChI is InChI=1S/C15H17F2N3O3/c1-22-14(21)12-8-19(6-7-23-12)9-13-18-10-4-2-3-5-11(10)20(13)15(16)17/h2-5,12,15H,6-9H2,1H3. The second-order valence-electron chi connectivity index (χ2n) is 5.28. The first kappa shape index (κ1) is 15.8. The fraction of sp³-hybridized carbons (Fsp3) is 0.467. The first-order chi connectivity index (χ1) is 11.1. The third-order valence-corrected chi connectivity index (χ3v) is 3.84. The maximum absolute atomic E-state index is 13.4. The number of esters is 1. The van der Waals surface area contributed by atoms with Gasteiger partial charge in [-0.05, 0) is 12.1 Å². The van der Waals surface area contributed by atoms with Crippen molar-refractivity contribution >= 4 is 17.0 Å². The fourth-order valence-electron chi connectivity index (χ4n) is 2.74. The van der Waals surface area contributed by atoms with Gasteiger partial charge in [-0.25, -0.2) is 9.78 Å². The number of rotatable bonds is 4. The second-order valence-corrected chi connectivity index (χ2v) is 5.28. The normalized spacial score (nSPS) is 19.4. The Morgan fingerprint density at radius 2 is 2.26 bits per heavy atom. The zero-order valence-corrected chi connectivity index (χ0v) is 12.6. The molecule has 0 saturated carbocycles. The third kappa shape index (κ3) is 3.18. The molecule has 1 aromatic heterocycles. The minimum atomic E-state index is -2.67. The number of nitrogens with zero attached hydrogens (tertiary/aromatic N) is 3. The quantitative estimate of drug-likeness (QED) is 0.803. The Morgan fingerprint density at radius 3 is 3.00 bits per heavy atom. The zero-order valence-electron chi connectivity index (χ0n) is 12.6. The first-order valence-corrected chi connectivity index (χ1v) is 7.26. The molecule has 2 aromatic rings. The van der Waals surface area contributed by atoms with Crippen LogP contribution in [0.25, 0.3) is 11.0 Å². The molecule has 0 radical (unpaired) electrons. The number of alkyl halides is 2. The van der Waals surface area contributed by atoms with Crippen molar-refractivity contribution in [3.05, 3.63) is 30.1 Å². The molecule has 124 valence electrons. The van der Waals surface area contributed by atoms with Gasteiger partial charge in [0.1, 0.15) is 5.82 Å². The van der Waals surface area contributed by atoms with Gasteiger partial charge in [0.2, 0.25) is 0 Å². The lowest BCUT2D eigenvalue weighted by Gasteiger charge is -2.31. The van der Waals surface area contributed by atoms with Crippen molar-refractivity contribution in [2.45, 2.75) is 19.2 Å². The average Bonchev–Trinajstić information content (AvgIpc) is 2.92. The highest BCUT2D eigenvalue weighted by Gasteiger charge is 2.29. The SMILES string of the molecule is COC(=O)C1CN(Cc2nc3ccccc3n2C(F)F)CCO1. The van der Waals surface area contributed by atoms with Gasteiger partial charge in [0, 0.05) is 13.1 Å². The van der Waals surface area contributed by atoms with Crippen molar-refractivity contribution in [2.75, 3.05) is 26.8 Å². The summed E-state index contributed by atoms with van der Waals surface area (Å²) in [4.78, 5) is 17.7. The van der Waals surface area contributed by atoms with Gasteiger partial charge in [-0.1, -0.05) is 12.1 Å². The van der Waals surface area contributed by atoms with Crippen molar-refractivity contribution in [1.29, 1.82) is 0 Å². The molecule has 8 heteroatoms. The molecular weight excluding hydrogens is 308 g/mol. The Hall–Kier alpha value is -2.06. The molecule has 0 bridgehead atoms. The van der Waals surface area contributed by atoms with Crippen LogP contribution in [0.1, 0.15) is 12.4 Å². The molecule has 1 unspecified atom stereocenters. The van der Waals surface area contributed by atoms with E-state index in [2.05, 4.69) is 9.72 Å². The molecule has 0 spiro atoms. The number of halogens is 2. The number of aromatic nitrogens is 2. The number of ether oxygens (including phenoxy) is 2. The Kier molecular flexibility index (Phi) is 4.53. The monoisotopic (exact) mass is 325 g/mol. The Morgan fingerprint density at radius 1 is 1.48 bits per heavy atom. The smallest absolute Gasteiger partial charge is 0.336 e. The summed E-state index contributed by atoms with van der Waals surface area (Å²) in [6.45, 7) is -1.28. The molecule has 1 aliphatic rings. The number of methoxy groups -OCH3 is 1. The predicted molar refractivity (Wildman–Crippen MR) is 78.0 cm³/mol. The molecular formula is C15H17F2N3O3. The van der Waals surface area contributed by atoms with E-state index >= 15 is 0 Å². The van der Waals surface area contributed by atoms with Gasteiger partial charge in [0.05, 0.1) is 31.3 Å².